The van der Waals surface area contributed by atoms with Crippen molar-refractivity contribution in [1.82, 2.24) is 20.3 Å². The van der Waals surface area contributed by atoms with Crippen LogP contribution in [0.4, 0.5) is 21.6 Å². The van der Waals surface area contributed by atoms with Crippen molar-refractivity contribution < 1.29 is 14.3 Å². The number of nitrogens with one attached hydrogen (secondary N) is 2. The first-order valence-electron chi connectivity index (χ1n) is 13.4. The largest absolute Gasteiger partial charge is 0.396 e. The number of aromatic nitrogens is 3. The van der Waals surface area contributed by atoms with Crippen molar-refractivity contribution in [2.24, 2.45) is 0 Å². The quantitative estimate of drug-likeness (QED) is 0.147. The molecule has 5 aromatic rings. The molecule has 5 N–H and O–H groups in total. The molecule has 0 fully saturated rings. The third-order valence-electron chi connectivity index (χ3n) is 6.92. The minimum atomic E-state index is -0.997. The van der Waals surface area contributed by atoms with Gasteiger partial charge in [0.15, 0.2) is 5.65 Å². The van der Waals surface area contributed by atoms with Gasteiger partial charge in [-0.1, -0.05) is 55.9 Å². The summed E-state index contributed by atoms with van der Waals surface area (Å²) in [6.45, 7) is 5.61. The van der Waals surface area contributed by atoms with Crippen LogP contribution >= 0.6 is 11.8 Å². The van der Waals surface area contributed by atoms with E-state index >= 15 is 0 Å². The number of benzene rings is 3. The summed E-state index contributed by atoms with van der Waals surface area (Å²) in [4.78, 5) is 28.3. The summed E-state index contributed by atoms with van der Waals surface area (Å²) in [6, 6.07) is 23.0. The fraction of sp³-hybridized carbons (Fsp3) is 0.188. The maximum Gasteiger partial charge on any atom is 0.252 e. The summed E-state index contributed by atoms with van der Waals surface area (Å²) in [5, 5.41) is 17.2. The highest BCUT2D eigenvalue weighted by molar-refractivity contribution is 7.99. The van der Waals surface area contributed by atoms with Crippen molar-refractivity contribution >= 4 is 45.9 Å². The molecule has 1 amide bonds. The van der Waals surface area contributed by atoms with Crippen molar-refractivity contribution in [3.63, 3.8) is 0 Å². The van der Waals surface area contributed by atoms with Gasteiger partial charge in [-0.3, -0.25) is 4.79 Å². The number of fused-ring (bicyclic) bond motifs is 1. The highest BCUT2D eigenvalue weighted by Crippen LogP contribution is 2.37. The molecule has 8 nitrogen and oxygen atoms in total. The predicted octanol–water partition coefficient (Wildman–Crippen LogP) is 6.40. The number of hydrogen-bond acceptors (Lipinski definition) is 8. The van der Waals surface area contributed by atoms with E-state index in [1.165, 1.54) is 30.2 Å². The summed E-state index contributed by atoms with van der Waals surface area (Å²) in [5.41, 5.74) is 7.91. The van der Waals surface area contributed by atoms with Crippen molar-refractivity contribution in [3.05, 3.63) is 108 Å². The molecule has 214 valence electrons. The average Bonchev–Trinajstić information content (AvgIpc) is 3.00. The molecule has 0 unspecified atom stereocenters. The van der Waals surface area contributed by atoms with E-state index in [9.17, 15) is 14.3 Å². The van der Waals surface area contributed by atoms with Crippen LogP contribution in [0.3, 0.4) is 0 Å². The Hall–Kier alpha value is -4.54. The van der Waals surface area contributed by atoms with Crippen LogP contribution in [0.2, 0.25) is 0 Å². The maximum absolute atomic E-state index is 14.2. The molecule has 0 aliphatic rings. The van der Waals surface area contributed by atoms with Crippen LogP contribution in [0, 0.1) is 5.82 Å². The van der Waals surface area contributed by atoms with Crippen molar-refractivity contribution in [2.75, 3.05) is 17.7 Å². The summed E-state index contributed by atoms with van der Waals surface area (Å²) in [6.07, 6.45) is 1.44. The van der Waals surface area contributed by atoms with Crippen LogP contribution in [0.5, 0.6) is 0 Å². The lowest BCUT2D eigenvalue weighted by molar-refractivity contribution is 0.0849. The maximum atomic E-state index is 14.2. The summed E-state index contributed by atoms with van der Waals surface area (Å²) < 4.78 is 14.2. The third kappa shape index (κ3) is 6.19. The van der Waals surface area contributed by atoms with Crippen LogP contribution in [0.15, 0.2) is 95.0 Å². The van der Waals surface area contributed by atoms with Gasteiger partial charge in [-0.25, -0.2) is 19.3 Å². The van der Waals surface area contributed by atoms with E-state index in [0.29, 0.717) is 33.0 Å². The SMILES string of the molecule is CC(C)c1ccc2c(Nc3cc(C(=O)N[C@@](C)(CO)c4ccccc4)ccc3Sc3ccc(N)c(F)c3)ncnc2n1. The number of nitrogens with zero attached hydrogens (tertiary/aromatic N) is 3. The van der Waals surface area contributed by atoms with Gasteiger partial charge in [0.2, 0.25) is 0 Å². The van der Waals surface area contributed by atoms with E-state index < -0.39 is 11.4 Å². The minimum Gasteiger partial charge on any atom is -0.396 e. The number of nitrogens with two attached hydrogens (primary N) is 1. The molecule has 1 atom stereocenters. The molecule has 0 saturated heterocycles. The van der Waals surface area contributed by atoms with Crippen molar-refractivity contribution in [1.29, 1.82) is 0 Å². The van der Waals surface area contributed by atoms with E-state index in [-0.39, 0.29) is 24.1 Å². The van der Waals surface area contributed by atoms with Gasteiger partial charge in [0.25, 0.3) is 5.91 Å². The Morgan fingerprint density at radius 2 is 1.83 bits per heavy atom. The number of aliphatic hydroxyl groups excluding tert-OH is 1. The van der Waals surface area contributed by atoms with Crippen LogP contribution in [-0.2, 0) is 5.54 Å². The van der Waals surface area contributed by atoms with E-state index in [1.807, 2.05) is 42.5 Å². The van der Waals surface area contributed by atoms with Gasteiger partial charge in [-0.2, -0.15) is 0 Å². The number of rotatable bonds is 9. The predicted molar refractivity (Wildman–Crippen MR) is 164 cm³/mol. The molecule has 0 aliphatic heterocycles. The third-order valence-corrected chi connectivity index (χ3v) is 7.99. The van der Waals surface area contributed by atoms with Gasteiger partial charge in [0.05, 0.1) is 28.9 Å². The molecule has 0 bridgehead atoms. The Balaban J connectivity index is 1.53. The first-order chi connectivity index (χ1) is 20.2. The second kappa shape index (κ2) is 12.1. The molecule has 10 heteroatoms. The second-order valence-electron chi connectivity index (χ2n) is 10.4. The molecule has 2 aromatic heterocycles. The number of aliphatic hydroxyl groups is 1. The molecule has 5 rings (SSSR count). The molecular weight excluding hydrogens is 551 g/mol. The number of carbonyl (C=O) groups is 1. The fourth-order valence-corrected chi connectivity index (χ4v) is 5.30. The Morgan fingerprint density at radius 1 is 1.05 bits per heavy atom. The number of carbonyl (C=O) groups excluding carboxylic acids is 1. The number of pyridine rings is 1. The zero-order chi connectivity index (χ0) is 29.9. The monoisotopic (exact) mass is 582 g/mol. The molecule has 0 aliphatic carbocycles. The number of hydrogen-bond donors (Lipinski definition) is 4. The Bertz CT molecular complexity index is 1750. The second-order valence-corrected chi connectivity index (χ2v) is 11.5. The molecule has 42 heavy (non-hydrogen) atoms. The average molecular weight is 583 g/mol. The standard InChI is InChI=1S/C32H31FN6O2S/c1-19(2)26-13-11-23-29(37-26)35-18-36-30(23)38-27-15-20(9-14-28(27)42-22-10-12-25(34)24(33)16-22)31(41)39-32(3,17-40)21-7-5-4-6-8-21/h4-16,18-19,40H,17,34H2,1-3H3,(H,39,41)(H,35,36,37,38)/t32-/m0/s1. The van der Waals surface area contributed by atoms with Gasteiger partial charge < -0.3 is 21.5 Å². The Kier molecular flexibility index (Phi) is 8.37. The summed E-state index contributed by atoms with van der Waals surface area (Å²) >= 11 is 1.31. The summed E-state index contributed by atoms with van der Waals surface area (Å²) in [5.74, 6) is -0.136. The molecule has 0 saturated carbocycles. The molecule has 0 radical (unpaired) electrons. The Labute approximate surface area is 247 Å². The van der Waals surface area contributed by atoms with Gasteiger partial charge in [0.1, 0.15) is 18.0 Å². The van der Waals surface area contributed by atoms with Crippen molar-refractivity contribution in [3.8, 4) is 0 Å². The topological polar surface area (TPSA) is 126 Å². The molecule has 3 aromatic carbocycles. The van der Waals surface area contributed by atoms with E-state index in [4.69, 9.17) is 5.73 Å². The number of amides is 1. The van der Waals surface area contributed by atoms with Crippen LogP contribution in [0.25, 0.3) is 11.0 Å². The van der Waals surface area contributed by atoms with Crippen LogP contribution in [-0.4, -0.2) is 32.6 Å². The highest BCUT2D eigenvalue weighted by Gasteiger charge is 2.28. The van der Waals surface area contributed by atoms with Crippen LogP contribution < -0.4 is 16.4 Å². The van der Waals surface area contributed by atoms with Gasteiger partial charge >= 0.3 is 0 Å². The lowest BCUT2D eigenvalue weighted by Crippen LogP contribution is -2.46. The molecule has 2 heterocycles. The highest BCUT2D eigenvalue weighted by atomic mass is 32.2. The number of nitrogen functional groups attached to an aromatic ring is 1. The molecule has 0 spiro atoms. The lowest BCUT2D eigenvalue weighted by atomic mass is 9.92. The van der Waals surface area contributed by atoms with Crippen LogP contribution in [0.1, 0.15) is 48.3 Å². The lowest BCUT2D eigenvalue weighted by Gasteiger charge is -2.29. The number of halogens is 1. The van der Waals surface area contributed by atoms with E-state index in [2.05, 4.69) is 39.4 Å². The Morgan fingerprint density at radius 3 is 2.55 bits per heavy atom. The van der Waals surface area contributed by atoms with E-state index in [1.54, 1.807) is 31.2 Å². The molecular formula is C32H31FN6O2S. The number of anilines is 3. The van der Waals surface area contributed by atoms with Gasteiger partial charge in [-0.15, -0.1) is 0 Å². The minimum absolute atomic E-state index is 0.0655. The van der Waals surface area contributed by atoms with Crippen molar-refractivity contribution in [2.45, 2.75) is 42.0 Å². The summed E-state index contributed by atoms with van der Waals surface area (Å²) in [7, 11) is 0. The van der Waals surface area contributed by atoms with Gasteiger partial charge in [0, 0.05) is 21.0 Å². The first-order valence-corrected chi connectivity index (χ1v) is 14.2. The van der Waals surface area contributed by atoms with E-state index in [0.717, 1.165) is 16.2 Å². The normalized spacial score (nSPS) is 12.7. The first kappa shape index (κ1) is 29.0. The fourth-order valence-electron chi connectivity index (χ4n) is 4.39. The zero-order valence-electron chi connectivity index (χ0n) is 23.4. The zero-order valence-corrected chi connectivity index (χ0v) is 24.2. The smallest absolute Gasteiger partial charge is 0.252 e. The van der Waals surface area contributed by atoms with Gasteiger partial charge in [-0.05, 0) is 66.9 Å².